The average Bonchev–Trinajstić information content (AvgIpc) is 3.55. The van der Waals surface area contributed by atoms with Crippen molar-refractivity contribution >= 4 is 22.2 Å². The molecule has 1 aromatic carbocycles. The van der Waals surface area contributed by atoms with Gasteiger partial charge in [0.05, 0.1) is 23.8 Å². The fourth-order valence-corrected chi connectivity index (χ4v) is 5.15. The zero-order valence-corrected chi connectivity index (χ0v) is 17.7. The minimum atomic E-state index is -0.527. The van der Waals surface area contributed by atoms with Gasteiger partial charge in [0.25, 0.3) is 5.56 Å². The molecule has 6 nitrogen and oxygen atoms in total. The first kappa shape index (κ1) is 18.9. The van der Waals surface area contributed by atoms with Crippen molar-refractivity contribution in [3.63, 3.8) is 0 Å². The van der Waals surface area contributed by atoms with Crippen LogP contribution in [0.4, 0.5) is 4.39 Å². The highest BCUT2D eigenvalue weighted by atomic mass is 19.1. The highest BCUT2D eigenvalue weighted by Gasteiger charge is 2.33. The van der Waals surface area contributed by atoms with E-state index in [9.17, 15) is 9.18 Å². The maximum atomic E-state index is 14.6. The van der Waals surface area contributed by atoms with E-state index in [0.29, 0.717) is 17.4 Å². The molecule has 4 aliphatic rings. The molecule has 7 heteroatoms. The first-order valence-electron chi connectivity index (χ1n) is 11.2. The minimum absolute atomic E-state index is 0.0180. The van der Waals surface area contributed by atoms with Gasteiger partial charge in [0.2, 0.25) is 0 Å². The largest absolute Gasteiger partial charge is 0.344 e. The lowest BCUT2D eigenvalue weighted by Gasteiger charge is -2.32. The van der Waals surface area contributed by atoms with E-state index in [-0.39, 0.29) is 17.4 Å². The fourth-order valence-electron chi connectivity index (χ4n) is 5.15. The molecule has 31 heavy (non-hydrogen) atoms. The predicted molar refractivity (Wildman–Crippen MR) is 120 cm³/mol. The number of hydrogen-bond donors (Lipinski definition) is 0. The molecule has 0 N–H and O–H groups in total. The summed E-state index contributed by atoms with van der Waals surface area (Å²) in [4.78, 5) is 26.6. The van der Waals surface area contributed by atoms with Crippen LogP contribution >= 0.6 is 0 Å². The predicted octanol–water partition coefficient (Wildman–Crippen LogP) is 3.51. The third kappa shape index (κ3) is 3.31. The Morgan fingerprint density at radius 3 is 2.68 bits per heavy atom. The molecule has 160 valence electrons. The number of fused-ring (bicyclic) bond motifs is 2. The lowest BCUT2D eigenvalue weighted by atomic mass is 10.0. The Balaban J connectivity index is 1.28. The molecule has 0 spiro atoms. The zero-order chi connectivity index (χ0) is 21.1. The average molecular weight is 420 g/mol. The van der Waals surface area contributed by atoms with Gasteiger partial charge in [-0.25, -0.2) is 9.37 Å². The van der Waals surface area contributed by atoms with Crippen molar-refractivity contribution in [3.05, 3.63) is 58.5 Å². The van der Waals surface area contributed by atoms with Crippen LogP contribution in [-0.2, 0) is 0 Å². The maximum Gasteiger partial charge on any atom is 0.261 e. The quantitative estimate of drug-likeness (QED) is 0.764. The molecule has 6 rings (SSSR count). The molecule has 3 aliphatic heterocycles. The van der Waals surface area contributed by atoms with Crippen LogP contribution in [0.2, 0.25) is 0 Å². The number of aliphatic imine (C=N–C) groups is 1. The number of allylic oxidation sites excluding steroid dienone is 2. The topological polar surface area (TPSA) is 53.7 Å². The Bertz CT molecular complexity index is 1200. The molecule has 1 atom stereocenters. The summed E-state index contributed by atoms with van der Waals surface area (Å²) >= 11 is 0. The van der Waals surface area contributed by atoms with Gasteiger partial charge in [-0.15, -0.1) is 0 Å². The smallest absolute Gasteiger partial charge is 0.261 e. The van der Waals surface area contributed by atoms with Gasteiger partial charge in [-0.2, -0.15) is 0 Å². The second-order valence-corrected chi connectivity index (χ2v) is 9.21. The number of halogens is 1. The van der Waals surface area contributed by atoms with Gasteiger partial charge in [0.1, 0.15) is 5.83 Å². The van der Waals surface area contributed by atoms with Crippen LogP contribution in [0, 0.1) is 0 Å². The highest BCUT2D eigenvalue weighted by Crippen LogP contribution is 2.33. The molecule has 2 aromatic rings. The van der Waals surface area contributed by atoms with Crippen LogP contribution in [0.1, 0.15) is 44.2 Å². The first-order chi connectivity index (χ1) is 15.1. The second kappa shape index (κ2) is 7.12. The monoisotopic (exact) mass is 419 g/mol. The van der Waals surface area contributed by atoms with Crippen LogP contribution in [0.25, 0.3) is 16.5 Å². The Hall–Kier alpha value is -2.80. The fraction of sp³-hybridized carbons (Fsp3) is 0.458. The molecular weight excluding hydrogens is 393 g/mol. The van der Waals surface area contributed by atoms with Crippen LogP contribution in [0.5, 0.6) is 0 Å². The van der Waals surface area contributed by atoms with Crippen molar-refractivity contribution in [1.29, 1.82) is 0 Å². The molecule has 4 heterocycles. The van der Waals surface area contributed by atoms with Crippen LogP contribution < -0.4 is 5.56 Å². The molecule has 0 amide bonds. The Labute approximate surface area is 180 Å². The Morgan fingerprint density at radius 2 is 1.90 bits per heavy atom. The summed E-state index contributed by atoms with van der Waals surface area (Å²) in [6.07, 6.45) is 9.31. The van der Waals surface area contributed by atoms with E-state index in [1.54, 1.807) is 12.4 Å². The van der Waals surface area contributed by atoms with Crippen LogP contribution in [0.3, 0.4) is 0 Å². The first-order valence-corrected chi connectivity index (χ1v) is 11.2. The molecular formula is C24H26FN5O. The van der Waals surface area contributed by atoms with E-state index in [1.807, 2.05) is 40.8 Å². The number of piperidine rings is 1. The van der Waals surface area contributed by atoms with Crippen molar-refractivity contribution in [2.24, 2.45) is 4.99 Å². The molecule has 0 bridgehead atoms. The van der Waals surface area contributed by atoms with Crippen molar-refractivity contribution in [3.8, 4) is 0 Å². The zero-order valence-electron chi connectivity index (χ0n) is 17.7. The van der Waals surface area contributed by atoms with E-state index in [1.165, 1.54) is 12.8 Å². The van der Waals surface area contributed by atoms with Crippen LogP contribution in [-0.4, -0.2) is 56.9 Å². The molecule has 1 aliphatic carbocycles. The van der Waals surface area contributed by atoms with E-state index in [4.69, 9.17) is 0 Å². The summed E-state index contributed by atoms with van der Waals surface area (Å²) in [5, 5.41) is 0.620. The van der Waals surface area contributed by atoms with Crippen molar-refractivity contribution in [2.75, 3.05) is 19.6 Å². The number of likely N-dealkylation sites (tertiary alicyclic amines) is 1. The van der Waals surface area contributed by atoms with Crippen LogP contribution in [0.15, 0.2) is 52.4 Å². The third-order valence-electron chi connectivity index (χ3n) is 6.99. The van der Waals surface area contributed by atoms with Gasteiger partial charge in [-0.1, -0.05) is 6.07 Å². The summed E-state index contributed by atoms with van der Waals surface area (Å²) in [5.74, 6) is -0.254. The number of nitrogens with zero attached hydrogens (tertiary/aromatic N) is 5. The van der Waals surface area contributed by atoms with E-state index in [2.05, 4.69) is 14.9 Å². The summed E-state index contributed by atoms with van der Waals surface area (Å²) in [5.41, 5.74) is 3.23. The normalized spacial score (nSPS) is 24.8. The highest BCUT2D eigenvalue weighted by molar-refractivity contribution is 5.89. The van der Waals surface area contributed by atoms with Gasteiger partial charge in [0.15, 0.2) is 6.17 Å². The number of hydrogen-bond acceptors (Lipinski definition) is 5. The standard InChI is InChI=1S/C24H26FN5O/c1-15-12-29-13-17(10-21(25)23(29)27-15)16-2-5-20-22(11-16)26-14-30(24(20)31)19-6-8-28(9-7-19)18-3-4-18/h2,5,10-11,13-14,18-19,23H,3-4,6-9,12H2,1H3. The molecule has 2 fully saturated rings. The van der Waals surface area contributed by atoms with Crippen molar-refractivity contribution in [1.82, 2.24) is 19.4 Å². The van der Waals surface area contributed by atoms with Gasteiger partial charge < -0.3 is 9.80 Å². The molecule has 0 radical (unpaired) electrons. The summed E-state index contributed by atoms with van der Waals surface area (Å²) in [6, 6.07) is 6.61. The van der Waals surface area contributed by atoms with E-state index < -0.39 is 6.17 Å². The van der Waals surface area contributed by atoms with E-state index in [0.717, 1.165) is 48.8 Å². The molecule has 1 unspecified atom stereocenters. The summed E-state index contributed by atoms with van der Waals surface area (Å²) < 4.78 is 16.4. The number of benzene rings is 1. The number of aromatic nitrogens is 2. The van der Waals surface area contributed by atoms with Crippen molar-refractivity contribution in [2.45, 2.75) is 50.9 Å². The third-order valence-corrected chi connectivity index (χ3v) is 6.99. The van der Waals surface area contributed by atoms with Gasteiger partial charge in [-0.05, 0) is 56.4 Å². The Kier molecular flexibility index (Phi) is 4.35. The van der Waals surface area contributed by atoms with Gasteiger partial charge in [0, 0.05) is 42.7 Å². The van der Waals surface area contributed by atoms with Gasteiger partial charge in [-0.3, -0.25) is 14.4 Å². The molecule has 1 saturated carbocycles. The SMILES string of the molecule is CC1=NC2C(F)=CC(c3ccc4c(=O)n(C5CCN(C6CC6)CC5)cnc4c3)=CN2C1. The molecule has 1 saturated heterocycles. The summed E-state index contributed by atoms with van der Waals surface area (Å²) in [7, 11) is 0. The van der Waals surface area contributed by atoms with E-state index >= 15 is 0 Å². The van der Waals surface area contributed by atoms with Gasteiger partial charge >= 0.3 is 0 Å². The molecule has 1 aromatic heterocycles. The number of rotatable bonds is 3. The van der Waals surface area contributed by atoms with Crippen molar-refractivity contribution < 1.29 is 4.39 Å². The summed E-state index contributed by atoms with van der Waals surface area (Å²) in [6.45, 7) is 4.67. The maximum absolute atomic E-state index is 14.6. The lowest BCUT2D eigenvalue weighted by Crippen LogP contribution is -2.38. The minimum Gasteiger partial charge on any atom is -0.344 e. The second-order valence-electron chi connectivity index (χ2n) is 9.21. The Morgan fingerprint density at radius 1 is 1.10 bits per heavy atom. The lowest BCUT2D eigenvalue weighted by molar-refractivity contribution is 0.176.